The van der Waals surface area contributed by atoms with E-state index in [1.165, 1.54) is 5.48 Å². The van der Waals surface area contributed by atoms with Gasteiger partial charge in [0, 0.05) is 22.7 Å². The summed E-state index contributed by atoms with van der Waals surface area (Å²) in [6.45, 7) is 1.56. The second-order valence-corrected chi connectivity index (χ2v) is 5.48. The quantitative estimate of drug-likeness (QED) is 0.380. The van der Waals surface area contributed by atoms with Gasteiger partial charge in [0.25, 0.3) is 11.8 Å². The number of hydroxylamine groups is 1. The summed E-state index contributed by atoms with van der Waals surface area (Å²) in [5.74, 6) is 4.81. The van der Waals surface area contributed by atoms with E-state index >= 15 is 0 Å². The molecule has 0 spiro atoms. The van der Waals surface area contributed by atoms with Crippen molar-refractivity contribution in [2.75, 3.05) is 0 Å². The zero-order valence-electron chi connectivity index (χ0n) is 13.7. The van der Waals surface area contributed by atoms with Crippen LogP contribution in [0.25, 0.3) is 0 Å². The minimum Gasteiger partial charge on any atom is -0.339 e. The van der Waals surface area contributed by atoms with Crippen LogP contribution < -0.4 is 16.5 Å². The van der Waals surface area contributed by atoms with Crippen molar-refractivity contribution >= 4 is 11.8 Å². The Morgan fingerprint density at radius 2 is 1.56 bits per heavy atom. The van der Waals surface area contributed by atoms with Gasteiger partial charge in [0.15, 0.2) is 0 Å². The highest BCUT2D eigenvalue weighted by molar-refractivity contribution is 5.97. The SMILES string of the molecule is CC(N)C(NC(=O)c1ccc(C#Cc2ccccc2)cc1)C(=O)NO. The van der Waals surface area contributed by atoms with Gasteiger partial charge in [0.05, 0.1) is 0 Å². The molecule has 6 heteroatoms. The Balaban J connectivity index is 2.07. The lowest BCUT2D eigenvalue weighted by Crippen LogP contribution is -2.54. The molecule has 0 saturated heterocycles. The van der Waals surface area contributed by atoms with Crippen molar-refractivity contribution in [2.45, 2.75) is 19.0 Å². The van der Waals surface area contributed by atoms with Crippen molar-refractivity contribution in [2.24, 2.45) is 5.73 Å². The zero-order chi connectivity index (χ0) is 18.2. The highest BCUT2D eigenvalue weighted by atomic mass is 16.5. The van der Waals surface area contributed by atoms with Crippen LogP contribution in [0.1, 0.15) is 28.4 Å². The highest BCUT2D eigenvalue weighted by Gasteiger charge is 2.24. The van der Waals surface area contributed by atoms with Crippen molar-refractivity contribution in [1.29, 1.82) is 0 Å². The van der Waals surface area contributed by atoms with E-state index in [-0.39, 0.29) is 0 Å². The predicted molar refractivity (Wildman–Crippen MR) is 93.7 cm³/mol. The van der Waals surface area contributed by atoms with E-state index in [1.54, 1.807) is 31.2 Å². The van der Waals surface area contributed by atoms with E-state index in [2.05, 4.69) is 17.2 Å². The van der Waals surface area contributed by atoms with Crippen molar-refractivity contribution in [1.82, 2.24) is 10.8 Å². The van der Waals surface area contributed by atoms with Crippen LogP contribution in [0.3, 0.4) is 0 Å². The number of amides is 2. The minimum absolute atomic E-state index is 0.363. The molecule has 25 heavy (non-hydrogen) atoms. The molecule has 6 nitrogen and oxygen atoms in total. The average Bonchev–Trinajstić information content (AvgIpc) is 2.64. The number of hydrogen-bond donors (Lipinski definition) is 4. The Morgan fingerprint density at radius 3 is 2.08 bits per heavy atom. The first-order valence-corrected chi connectivity index (χ1v) is 7.69. The molecule has 2 amide bonds. The number of carbonyl (C=O) groups excluding carboxylic acids is 2. The molecule has 0 aliphatic heterocycles. The van der Waals surface area contributed by atoms with Gasteiger partial charge in [-0.2, -0.15) is 0 Å². The van der Waals surface area contributed by atoms with Crippen LogP contribution in [0.2, 0.25) is 0 Å². The second-order valence-electron chi connectivity index (χ2n) is 5.48. The van der Waals surface area contributed by atoms with Crippen molar-refractivity contribution in [3.63, 3.8) is 0 Å². The van der Waals surface area contributed by atoms with Crippen molar-refractivity contribution < 1.29 is 14.8 Å². The van der Waals surface area contributed by atoms with Gasteiger partial charge in [0.2, 0.25) is 0 Å². The number of nitrogens with two attached hydrogens (primary N) is 1. The molecule has 0 fully saturated rings. The fourth-order valence-electron chi connectivity index (χ4n) is 2.10. The monoisotopic (exact) mass is 337 g/mol. The molecule has 128 valence electrons. The minimum atomic E-state index is -1.03. The second kappa shape index (κ2) is 8.64. The van der Waals surface area contributed by atoms with Gasteiger partial charge in [-0.15, -0.1) is 0 Å². The molecule has 2 aromatic carbocycles. The smallest absolute Gasteiger partial charge is 0.267 e. The molecule has 0 saturated carbocycles. The molecule has 5 N–H and O–H groups in total. The van der Waals surface area contributed by atoms with Gasteiger partial charge in [0.1, 0.15) is 6.04 Å². The Hall–Kier alpha value is -3.14. The molecule has 0 aliphatic carbocycles. The summed E-state index contributed by atoms with van der Waals surface area (Å²) in [7, 11) is 0. The Kier molecular flexibility index (Phi) is 6.29. The summed E-state index contributed by atoms with van der Waals surface area (Å²) in [6.07, 6.45) is 0. The molecule has 0 radical (unpaired) electrons. The van der Waals surface area contributed by atoms with Crippen LogP contribution in [0.5, 0.6) is 0 Å². The third-order valence-electron chi connectivity index (χ3n) is 3.48. The first-order valence-electron chi connectivity index (χ1n) is 7.69. The Labute approximate surface area is 146 Å². The van der Waals surface area contributed by atoms with Gasteiger partial charge >= 0.3 is 0 Å². The molecule has 0 aromatic heterocycles. The van der Waals surface area contributed by atoms with E-state index in [0.717, 1.165) is 11.1 Å². The first-order chi connectivity index (χ1) is 12.0. The summed E-state index contributed by atoms with van der Waals surface area (Å²) in [6, 6.07) is 14.5. The maximum Gasteiger partial charge on any atom is 0.267 e. The molecule has 2 unspecified atom stereocenters. The number of carbonyl (C=O) groups is 2. The van der Waals surface area contributed by atoms with Gasteiger partial charge in [-0.05, 0) is 43.3 Å². The topological polar surface area (TPSA) is 104 Å². The van der Waals surface area contributed by atoms with E-state index in [0.29, 0.717) is 5.56 Å². The summed E-state index contributed by atoms with van der Waals surface area (Å²) in [5, 5.41) is 11.2. The summed E-state index contributed by atoms with van der Waals surface area (Å²) < 4.78 is 0. The highest BCUT2D eigenvalue weighted by Crippen LogP contribution is 2.05. The Morgan fingerprint density at radius 1 is 1.00 bits per heavy atom. The third kappa shape index (κ3) is 5.18. The van der Waals surface area contributed by atoms with E-state index in [4.69, 9.17) is 10.9 Å². The van der Waals surface area contributed by atoms with Crippen molar-refractivity contribution in [3.8, 4) is 11.8 Å². The normalized spacial score (nSPS) is 12.3. The average molecular weight is 337 g/mol. The van der Waals surface area contributed by atoms with Crippen molar-refractivity contribution in [3.05, 3.63) is 71.3 Å². The largest absolute Gasteiger partial charge is 0.339 e. The maximum atomic E-state index is 12.2. The molecular weight excluding hydrogens is 318 g/mol. The molecule has 2 aromatic rings. The third-order valence-corrected chi connectivity index (χ3v) is 3.48. The van der Waals surface area contributed by atoms with Crippen LogP contribution in [-0.2, 0) is 4.79 Å². The molecule has 0 bridgehead atoms. The molecule has 2 rings (SSSR count). The summed E-state index contributed by atoms with van der Waals surface area (Å²) in [4.78, 5) is 23.7. The van der Waals surface area contributed by atoms with Crippen LogP contribution in [0.15, 0.2) is 54.6 Å². The fraction of sp³-hybridized carbons (Fsp3) is 0.158. The van der Waals surface area contributed by atoms with E-state index < -0.39 is 23.9 Å². The van der Waals surface area contributed by atoms with Gasteiger partial charge in [-0.25, -0.2) is 5.48 Å². The van der Waals surface area contributed by atoms with E-state index in [1.807, 2.05) is 30.3 Å². The predicted octanol–water partition coefficient (Wildman–Crippen LogP) is 1.04. The zero-order valence-corrected chi connectivity index (χ0v) is 13.7. The van der Waals surface area contributed by atoms with Crippen LogP contribution in [0, 0.1) is 11.8 Å². The lowest BCUT2D eigenvalue weighted by atomic mass is 10.1. The van der Waals surface area contributed by atoms with E-state index in [9.17, 15) is 9.59 Å². The summed E-state index contributed by atoms with van der Waals surface area (Å²) in [5.41, 5.74) is 9.17. The standard InChI is InChI=1S/C19H19N3O3/c1-13(20)17(19(24)22-25)21-18(23)16-11-9-15(10-12-16)8-7-14-5-3-2-4-6-14/h2-6,9-13,17,25H,20H2,1H3,(H,21,23)(H,22,24). The Bertz CT molecular complexity index is 790. The number of hydrogen-bond acceptors (Lipinski definition) is 4. The van der Waals surface area contributed by atoms with Crippen LogP contribution in [0.4, 0.5) is 0 Å². The van der Waals surface area contributed by atoms with Gasteiger partial charge in [-0.1, -0.05) is 30.0 Å². The molecule has 0 heterocycles. The number of benzene rings is 2. The number of rotatable bonds is 4. The van der Waals surface area contributed by atoms with Gasteiger partial charge < -0.3 is 11.1 Å². The fourth-order valence-corrected chi connectivity index (χ4v) is 2.10. The van der Waals surface area contributed by atoms with Crippen LogP contribution >= 0.6 is 0 Å². The summed E-state index contributed by atoms with van der Waals surface area (Å²) >= 11 is 0. The number of nitrogens with one attached hydrogen (secondary N) is 2. The lowest BCUT2D eigenvalue weighted by Gasteiger charge is -2.20. The molecule has 0 aliphatic rings. The first kappa shape index (κ1) is 18.2. The van der Waals surface area contributed by atoms with Crippen LogP contribution in [-0.4, -0.2) is 29.1 Å². The maximum absolute atomic E-state index is 12.2. The molecular formula is C19H19N3O3. The van der Waals surface area contributed by atoms with Gasteiger partial charge in [-0.3, -0.25) is 14.8 Å². The molecule has 2 atom stereocenters. The lowest BCUT2D eigenvalue weighted by molar-refractivity contribution is -0.131.